The summed E-state index contributed by atoms with van der Waals surface area (Å²) in [6.45, 7) is 3.89. The van der Waals surface area contributed by atoms with Crippen LogP contribution in [0.4, 0.5) is 5.13 Å². The van der Waals surface area contributed by atoms with Gasteiger partial charge < -0.3 is 15.8 Å². The standard InChI is InChI=1S/C21H26N4O3S2/c1-4-18(22)20(30(26,27)17-11-9-16(28-3)10-12-17)24-21-23-19(25-29-21)13-15-8-6-5-7-14(15)2/h5-12,18,20H,4,13,22H2,1-3H3,(H,23,24,25). The molecule has 1 aromatic heterocycles. The minimum atomic E-state index is -3.74. The van der Waals surface area contributed by atoms with E-state index in [0.717, 1.165) is 22.7 Å². The maximum absolute atomic E-state index is 13.3. The molecule has 0 radical (unpaired) electrons. The van der Waals surface area contributed by atoms with Gasteiger partial charge in [-0.2, -0.15) is 4.37 Å². The third kappa shape index (κ3) is 4.97. The molecule has 0 bridgehead atoms. The Kier molecular flexibility index (Phi) is 7.06. The molecule has 0 amide bonds. The normalized spacial score (nSPS) is 13.6. The molecule has 30 heavy (non-hydrogen) atoms. The fourth-order valence-electron chi connectivity index (χ4n) is 3.03. The number of nitrogens with two attached hydrogens (primary N) is 1. The number of ether oxygens (including phenoxy) is 1. The van der Waals surface area contributed by atoms with E-state index in [1.807, 2.05) is 38.1 Å². The second-order valence-electron chi connectivity index (χ2n) is 6.98. The topological polar surface area (TPSA) is 107 Å². The number of nitrogens with one attached hydrogen (secondary N) is 1. The Morgan fingerprint density at radius 3 is 2.50 bits per heavy atom. The van der Waals surface area contributed by atoms with Crippen molar-refractivity contribution >= 4 is 26.5 Å². The Morgan fingerprint density at radius 1 is 1.17 bits per heavy atom. The van der Waals surface area contributed by atoms with Crippen molar-refractivity contribution in [1.82, 2.24) is 9.36 Å². The second-order valence-corrected chi connectivity index (χ2v) is 9.80. The van der Waals surface area contributed by atoms with E-state index in [2.05, 4.69) is 14.7 Å². The molecule has 3 aromatic rings. The summed E-state index contributed by atoms with van der Waals surface area (Å²) in [6.07, 6.45) is 1.07. The summed E-state index contributed by atoms with van der Waals surface area (Å²) in [5, 5.41) is 2.43. The monoisotopic (exact) mass is 446 g/mol. The summed E-state index contributed by atoms with van der Waals surface area (Å²) in [5.41, 5.74) is 8.48. The number of nitrogens with zero attached hydrogens (tertiary/aromatic N) is 2. The number of rotatable bonds is 9. The molecular weight excluding hydrogens is 420 g/mol. The first-order valence-corrected chi connectivity index (χ1v) is 11.9. The van der Waals surface area contributed by atoms with Gasteiger partial charge in [0.2, 0.25) is 15.0 Å². The van der Waals surface area contributed by atoms with Gasteiger partial charge in [0, 0.05) is 24.0 Å². The van der Waals surface area contributed by atoms with Gasteiger partial charge in [-0.25, -0.2) is 13.4 Å². The zero-order valence-electron chi connectivity index (χ0n) is 17.2. The van der Waals surface area contributed by atoms with Crippen molar-refractivity contribution in [2.75, 3.05) is 12.4 Å². The molecule has 2 aromatic carbocycles. The van der Waals surface area contributed by atoms with E-state index in [9.17, 15) is 8.42 Å². The molecular formula is C21H26N4O3S2. The van der Waals surface area contributed by atoms with Crippen LogP contribution in [-0.4, -0.2) is 36.3 Å². The van der Waals surface area contributed by atoms with Crippen molar-refractivity contribution < 1.29 is 13.2 Å². The van der Waals surface area contributed by atoms with Gasteiger partial charge in [-0.3, -0.25) is 0 Å². The average molecular weight is 447 g/mol. The lowest BCUT2D eigenvalue weighted by atomic mass is 10.1. The van der Waals surface area contributed by atoms with Crippen LogP contribution in [-0.2, 0) is 16.3 Å². The third-order valence-electron chi connectivity index (χ3n) is 4.93. The zero-order chi connectivity index (χ0) is 21.7. The zero-order valence-corrected chi connectivity index (χ0v) is 18.8. The van der Waals surface area contributed by atoms with Crippen molar-refractivity contribution in [3.63, 3.8) is 0 Å². The summed E-state index contributed by atoms with van der Waals surface area (Å²) in [4.78, 5) is 4.67. The Morgan fingerprint density at radius 2 is 1.87 bits per heavy atom. The summed E-state index contributed by atoms with van der Waals surface area (Å²) < 4.78 is 36.0. The van der Waals surface area contributed by atoms with Crippen LogP contribution >= 0.6 is 11.5 Å². The molecule has 0 aliphatic carbocycles. The van der Waals surface area contributed by atoms with Crippen LogP contribution < -0.4 is 15.8 Å². The lowest BCUT2D eigenvalue weighted by Gasteiger charge is -2.24. The van der Waals surface area contributed by atoms with Gasteiger partial charge in [-0.15, -0.1) is 0 Å². The van der Waals surface area contributed by atoms with Gasteiger partial charge in [-0.1, -0.05) is 31.2 Å². The maximum atomic E-state index is 13.3. The van der Waals surface area contributed by atoms with E-state index in [-0.39, 0.29) is 4.90 Å². The molecule has 0 saturated carbocycles. The molecule has 9 heteroatoms. The second kappa shape index (κ2) is 9.55. The lowest BCUT2D eigenvalue weighted by Crippen LogP contribution is -2.45. The third-order valence-corrected chi connectivity index (χ3v) is 7.68. The molecule has 0 spiro atoms. The average Bonchev–Trinajstić information content (AvgIpc) is 3.20. The van der Waals surface area contributed by atoms with Gasteiger partial charge in [0.25, 0.3) is 0 Å². The van der Waals surface area contributed by atoms with E-state index >= 15 is 0 Å². The number of hydrogen-bond acceptors (Lipinski definition) is 8. The number of anilines is 1. The number of hydrogen-bond donors (Lipinski definition) is 2. The smallest absolute Gasteiger partial charge is 0.203 e. The molecule has 0 aliphatic heterocycles. The summed E-state index contributed by atoms with van der Waals surface area (Å²) in [6, 6.07) is 13.7. The molecule has 1 heterocycles. The largest absolute Gasteiger partial charge is 0.497 e. The number of aryl methyl sites for hydroxylation is 1. The molecule has 2 atom stereocenters. The van der Waals surface area contributed by atoms with Crippen molar-refractivity contribution in [2.45, 2.75) is 43.0 Å². The van der Waals surface area contributed by atoms with Crippen molar-refractivity contribution in [2.24, 2.45) is 5.73 Å². The Bertz CT molecular complexity index is 1080. The molecule has 0 aliphatic rings. The summed E-state index contributed by atoms with van der Waals surface area (Å²) in [7, 11) is -2.21. The molecule has 3 N–H and O–H groups in total. The van der Waals surface area contributed by atoms with Crippen molar-refractivity contribution in [3.8, 4) is 5.75 Å². The van der Waals surface area contributed by atoms with Gasteiger partial charge >= 0.3 is 0 Å². The highest BCUT2D eigenvalue weighted by molar-refractivity contribution is 7.92. The lowest BCUT2D eigenvalue weighted by molar-refractivity contribution is 0.414. The minimum absolute atomic E-state index is 0.175. The van der Waals surface area contributed by atoms with E-state index in [0.29, 0.717) is 29.5 Å². The SMILES string of the molecule is CCC(N)C(Nc1nc(Cc2ccccc2C)ns1)S(=O)(=O)c1ccc(OC)cc1. The molecule has 0 fully saturated rings. The molecule has 7 nitrogen and oxygen atoms in total. The molecule has 0 saturated heterocycles. The molecule has 160 valence electrons. The van der Waals surface area contributed by atoms with Crippen LogP contribution in [0, 0.1) is 6.92 Å². The number of methoxy groups -OCH3 is 1. The van der Waals surface area contributed by atoms with E-state index in [4.69, 9.17) is 10.5 Å². The van der Waals surface area contributed by atoms with E-state index in [1.165, 1.54) is 19.2 Å². The predicted molar refractivity (Wildman–Crippen MR) is 120 cm³/mol. The first-order chi connectivity index (χ1) is 14.3. The van der Waals surface area contributed by atoms with Gasteiger partial charge in [-0.05, 0) is 48.7 Å². The van der Waals surface area contributed by atoms with Crippen LogP contribution in [0.25, 0.3) is 0 Å². The highest BCUT2D eigenvalue weighted by Gasteiger charge is 2.33. The summed E-state index contributed by atoms with van der Waals surface area (Å²) in [5.74, 6) is 1.23. The van der Waals surface area contributed by atoms with E-state index in [1.54, 1.807) is 12.1 Å². The first kappa shape index (κ1) is 22.2. The fraction of sp³-hybridized carbons (Fsp3) is 0.333. The minimum Gasteiger partial charge on any atom is -0.497 e. The van der Waals surface area contributed by atoms with Crippen molar-refractivity contribution in [1.29, 1.82) is 0 Å². The highest BCUT2D eigenvalue weighted by Crippen LogP contribution is 2.25. The van der Waals surface area contributed by atoms with Crippen LogP contribution in [0.5, 0.6) is 5.75 Å². The first-order valence-electron chi connectivity index (χ1n) is 9.62. The van der Waals surface area contributed by atoms with Gasteiger partial charge in [0.05, 0.1) is 12.0 Å². The summed E-state index contributed by atoms with van der Waals surface area (Å²) >= 11 is 1.14. The van der Waals surface area contributed by atoms with Gasteiger partial charge in [0.1, 0.15) is 11.6 Å². The van der Waals surface area contributed by atoms with Crippen molar-refractivity contribution in [3.05, 3.63) is 65.5 Å². The number of aromatic nitrogens is 2. The van der Waals surface area contributed by atoms with Crippen LogP contribution in [0.2, 0.25) is 0 Å². The molecule has 2 unspecified atom stereocenters. The number of benzene rings is 2. The van der Waals surface area contributed by atoms with Crippen LogP contribution in [0.3, 0.4) is 0 Å². The number of sulfone groups is 1. The Balaban J connectivity index is 1.83. The Hall–Kier alpha value is -2.49. The molecule has 3 rings (SSSR count). The quantitative estimate of drug-likeness (QED) is 0.519. The predicted octanol–water partition coefficient (Wildman–Crippen LogP) is 3.40. The van der Waals surface area contributed by atoms with Crippen LogP contribution in [0.15, 0.2) is 53.4 Å². The highest BCUT2D eigenvalue weighted by atomic mass is 32.2. The van der Waals surface area contributed by atoms with Gasteiger partial charge in [0.15, 0.2) is 5.37 Å². The Labute approximate surface area is 181 Å². The van der Waals surface area contributed by atoms with E-state index < -0.39 is 21.3 Å². The fourth-order valence-corrected chi connectivity index (χ4v) is 5.45. The maximum Gasteiger partial charge on any atom is 0.203 e. The van der Waals surface area contributed by atoms with Crippen LogP contribution in [0.1, 0.15) is 30.3 Å².